The van der Waals surface area contributed by atoms with Crippen molar-refractivity contribution in [1.82, 2.24) is 0 Å². The van der Waals surface area contributed by atoms with Gasteiger partial charge in [-0.05, 0) is 24.3 Å². The van der Waals surface area contributed by atoms with Crippen molar-refractivity contribution in [2.75, 3.05) is 5.32 Å². The normalized spacial score (nSPS) is 10.5. The Morgan fingerprint density at radius 3 is 2.67 bits per heavy atom. The summed E-state index contributed by atoms with van der Waals surface area (Å²) in [6.45, 7) is 0. The first-order chi connectivity index (χ1) is 8.74. The van der Waals surface area contributed by atoms with E-state index in [4.69, 9.17) is 0 Å². The molecule has 18 heavy (non-hydrogen) atoms. The van der Waals surface area contributed by atoms with Gasteiger partial charge in [0, 0.05) is 23.4 Å². The molecule has 1 N–H and O–H groups in total. The van der Waals surface area contributed by atoms with Crippen LogP contribution < -0.4 is 9.88 Å². The van der Waals surface area contributed by atoms with Gasteiger partial charge in [-0.15, -0.1) is 0 Å². The summed E-state index contributed by atoms with van der Waals surface area (Å²) in [6, 6.07) is 13.3. The molecule has 0 fully saturated rings. The highest BCUT2D eigenvalue weighted by Crippen LogP contribution is 2.05. The van der Waals surface area contributed by atoms with Crippen LogP contribution >= 0.6 is 0 Å². The van der Waals surface area contributed by atoms with Gasteiger partial charge in [0.1, 0.15) is 7.05 Å². The highest BCUT2D eigenvalue weighted by atomic mass is 16.1. The van der Waals surface area contributed by atoms with Crippen LogP contribution in [0.2, 0.25) is 0 Å². The highest BCUT2D eigenvalue weighted by molar-refractivity contribution is 6.01. The molecule has 90 valence electrons. The molecular formula is C15H15N2O+. The number of carbonyl (C=O) groups excluding carboxylic acids is 1. The van der Waals surface area contributed by atoms with Crippen LogP contribution in [0.1, 0.15) is 5.56 Å². The standard InChI is InChI=1S/C15H14N2O/c1-17-11-5-6-13(12-17)9-10-15(18)16-14-7-3-2-4-8-14/h2-12H,1H3/p+1. The highest BCUT2D eigenvalue weighted by Gasteiger charge is 1.98. The number of rotatable bonds is 3. The summed E-state index contributed by atoms with van der Waals surface area (Å²) >= 11 is 0. The van der Waals surface area contributed by atoms with Crippen molar-refractivity contribution in [3.05, 3.63) is 66.5 Å². The van der Waals surface area contributed by atoms with E-state index in [1.165, 1.54) is 6.08 Å². The molecule has 0 unspecified atom stereocenters. The Balaban J connectivity index is 1.99. The van der Waals surface area contributed by atoms with Crippen molar-refractivity contribution in [3.63, 3.8) is 0 Å². The summed E-state index contributed by atoms with van der Waals surface area (Å²) in [6.07, 6.45) is 7.22. The lowest BCUT2D eigenvalue weighted by molar-refractivity contribution is -0.671. The van der Waals surface area contributed by atoms with E-state index in [1.807, 2.05) is 66.5 Å². The van der Waals surface area contributed by atoms with Crippen molar-refractivity contribution >= 4 is 17.7 Å². The minimum atomic E-state index is -0.132. The molecule has 0 bridgehead atoms. The quantitative estimate of drug-likeness (QED) is 0.646. The maximum Gasteiger partial charge on any atom is 0.248 e. The van der Waals surface area contributed by atoms with E-state index < -0.39 is 0 Å². The molecule has 0 spiro atoms. The smallest absolute Gasteiger partial charge is 0.248 e. The van der Waals surface area contributed by atoms with Gasteiger partial charge in [0.05, 0.1) is 0 Å². The number of para-hydroxylation sites is 1. The Bertz CT molecular complexity index is 562. The number of aromatic nitrogens is 1. The zero-order valence-corrected chi connectivity index (χ0v) is 10.2. The summed E-state index contributed by atoms with van der Waals surface area (Å²) in [4.78, 5) is 11.7. The van der Waals surface area contributed by atoms with Gasteiger partial charge in [0.15, 0.2) is 12.4 Å². The van der Waals surface area contributed by atoms with Crippen molar-refractivity contribution in [2.45, 2.75) is 0 Å². The Morgan fingerprint density at radius 2 is 1.94 bits per heavy atom. The van der Waals surface area contributed by atoms with E-state index in [2.05, 4.69) is 5.32 Å². The fourth-order valence-corrected chi connectivity index (χ4v) is 1.59. The van der Waals surface area contributed by atoms with Crippen LogP contribution in [0.15, 0.2) is 60.9 Å². The molecule has 0 saturated heterocycles. The third kappa shape index (κ3) is 3.56. The van der Waals surface area contributed by atoms with E-state index in [1.54, 1.807) is 6.08 Å². The van der Waals surface area contributed by atoms with E-state index in [0.717, 1.165) is 11.3 Å². The van der Waals surface area contributed by atoms with Crippen LogP contribution in [-0.2, 0) is 11.8 Å². The molecule has 0 radical (unpaired) electrons. The van der Waals surface area contributed by atoms with Crippen molar-refractivity contribution in [3.8, 4) is 0 Å². The van der Waals surface area contributed by atoms with Crippen LogP contribution in [0.5, 0.6) is 0 Å². The number of carbonyl (C=O) groups is 1. The van der Waals surface area contributed by atoms with E-state index in [0.29, 0.717) is 0 Å². The van der Waals surface area contributed by atoms with Crippen LogP contribution in [0, 0.1) is 0 Å². The van der Waals surface area contributed by atoms with Crippen LogP contribution in [0.4, 0.5) is 5.69 Å². The number of anilines is 1. The number of amides is 1. The van der Waals surface area contributed by atoms with Crippen molar-refractivity contribution < 1.29 is 9.36 Å². The third-order valence-electron chi connectivity index (χ3n) is 2.43. The summed E-state index contributed by atoms with van der Waals surface area (Å²) in [7, 11) is 1.95. The fourth-order valence-electron chi connectivity index (χ4n) is 1.59. The average molecular weight is 239 g/mol. The molecular weight excluding hydrogens is 224 g/mol. The van der Waals surface area contributed by atoms with Crippen LogP contribution in [-0.4, -0.2) is 5.91 Å². The summed E-state index contributed by atoms with van der Waals surface area (Å²) in [5, 5.41) is 2.79. The first kappa shape index (κ1) is 12.0. The topological polar surface area (TPSA) is 33.0 Å². The lowest BCUT2D eigenvalue weighted by atomic mass is 10.2. The Hall–Kier alpha value is -2.42. The summed E-state index contributed by atoms with van der Waals surface area (Å²) in [5.74, 6) is -0.132. The second-order valence-electron chi connectivity index (χ2n) is 3.99. The predicted octanol–water partition coefficient (Wildman–Crippen LogP) is 2.16. The molecule has 0 aliphatic rings. The summed E-state index contributed by atoms with van der Waals surface area (Å²) in [5.41, 5.74) is 1.79. The molecule has 1 heterocycles. The minimum absolute atomic E-state index is 0.132. The van der Waals surface area contributed by atoms with Crippen LogP contribution in [0.3, 0.4) is 0 Å². The molecule has 3 nitrogen and oxygen atoms in total. The zero-order valence-electron chi connectivity index (χ0n) is 10.2. The SMILES string of the molecule is C[n+]1cccc(C=CC(=O)Nc2ccccc2)c1. The molecule has 0 aliphatic carbocycles. The van der Waals surface area contributed by atoms with Gasteiger partial charge in [-0.3, -0.25) is 4.79 Å². The largest absolute Gasteiger partial charge is 0.323 e. The minimum Gasteiger partial charge on any atom is -0.323 e. The zero-order chi connectivity index (χ0) is 12.8. The second kappa shape index (κ2) is 5.77. The molecule has 2 aromatic rings. The molecule has 1 aromatic carbocycles. The molecule has 0 aliphatic heterocycles. The van der Waals surface area contributed by atoms with E-state index in [-0.39, 0.29) is 5.91 Å². The monoisotopic (exact) mass is 239 g/mol. The molecule has 1 aromatic heterocycles. The van der Waals surface area contributed by atoms with Gasteiger partial charge in [0.2, 0.25) is 5.91 Å². The van der Waals surface area contributed by atoms with Gasteiger partial charge < -0.3 is 5.32 Å². The van der Waals surface area contributed by atoms with Gasteiger partial charge in [-0.1, -0.05) is 18.2 Å². The second-order valence-corrected chi connectivity index (χ2v) is 3.99. The van der Waals surface area contributed by atoms with E-state index in [9.17, 15) is 4.79 Å². The van der Waals surface area contributed by atoms with Gasteiger partial charge >= 0.3 is 0 Å². The van der Waals surface area contributed by atoms with Gasteiger partial charge in [-0.25, -0.2) is 4.57 Å². The lowest BCUT2D eigenvalue weighted by Gasteiger charge is -2.00. The first-order valence-corrected chi connectivity index (χ1v) is 5.73. The van der Waals surface area contributed by atoms with Gasteiger partial charge in [0.25, 0.3) is 0 Å². The number of pyridine rings is 1. The maximum absolute atomic E-state index is 11.7. The van der Waals surface area contributed by atoms with Crippen molar-refractivity contribution in [1.29, 1.82) is 0 Å². The molecule has 0 saturated carbocycles. The molecule has 0 atom stereocenters. The average Bonchev–Trinajstić information content (AvgIpc) is 2.38. The number of nitrogens with one attached hydrogen (secondary N) is 1. The predicted molar refractivity (Wildman–Crippen MR) is 71.7 cm³/mol. The Morgan fingerprint density at radius 1 is 1.17 bits per heavy atom. The number of hydrogen-bond acceptors (Lipinski definition) is 1. The first-order valence-electron chi connectivity index (χ1n) is 5.73. The number of benzene rings is 1. The van der Waals surface area contributed by atoms with E-state index >= 15 is 0 Å². The third-order valence-corrected chi connectivity index (χ3v) is 2.43. The lowest BCUT2D eigenvalue weighted by Crippen LogP contribution is -2.26. The number of hydrogen-bond donors (Lipinski definition) is 1. The number of aryl methyl sites for hydroxylation is 1. The fraction of sp³-hybridized carbons (Fsp3) is 0.0667. The number of nitrogens with zero attached hydrogens (tertiary/aromatic N) is 1. The maximum atomic E-state index is 11.7. The van der Waals surface area contributed by atoms with Gasteiger partial charge in [-0.2, -0.15) is 0 Å². The molecule has 3 heteroatoms. The molecule has 1 amide bonds. The van der Waals surface area contributed by atoms with Crippen LogP contribution in [0.25, 0.3) is 6.08 Å². The molecule has 2 rings (SSSR count). The van der Waals surface area contributed by atoms with Crippen molar-refractivity contribution in [2.24, 2.45) is 7.05 Å². The Labute approximate surface area is 106 Å². The Kier molecular flexibility index (Phi) is 3.86. The summed E-state index contributed by atoms with van der Waals surface area (Å²) < 4.78 is 1.94.